The first-order chi connectivity index (χ1) is 15.3. The van der Waals surface area contributed by atoms with Crippen molar-refractivity contribution in [3.05, 3.63) is 75.1 Å². The molecule has 2 aromatic carbocycles. The Hall–Kier alpha value is -2.62. The molecule has 0 unspecified atom stereocenters. The summed E-state index contributed by atoms with van der Waals surface area (Å²) in [5, 5.41) is 6.88. The van der Waals surface area contributed by atoms with E-state index in [0.29, 0.717) is 23.3 Å². The fraction of sp³-hybridized carbons (Fsp3) is 0.304. The van der Waals surface area contributed by atoms with E-state index in [2.05, 4.69) is 9.71 Å². The summed E-state index contributed by atoms with van der Waals surface area (Å²) in [5.74, 6) is 1.04. The fourth-order valence-corrected chi connectivity index (χ4v) is 4.88. The third kappa shape index (κ3) is 5.79. The lowest BCUT2D eigenvalue weighted by atomic mass is 9.99. The Bertz CT molecular complexity index is 1310. The molecule has 1 aromatic heterocycles. The molecule has 0 aliphatic carbocycles. The van der Waals surface area contributed by atoms with E-state index in [1.54, 1.807) is 30.0 Å². The van der Waals surface area contributed by atoms with E-state index in [4.69, 9.17) is 9.56 Å². The monoisotopic (exact) mass is 473 g/mol. The molecule has 0 saturated carbocycles. The summed E-state index contributed by atoms with van der Waals surface area (Å²) >= 11 is 1.72. The molecule has 1 aliphatic rings. The van der Waals surface area contributed by atoms with Gasteiger partial charge in [-0.3, -0.25) is 9.71 Å². The molecule has 7 nitrogen and oxygen atoms in total. The van der Waals surface area contributed by atoms with E-state index in [1.165, 1.54) is 0 Å². The van der Waals surface area contributed by atoms with Gasteiger partial charge in [0, 0.05) is 35.2 Å². The fourth-order valence-electron chi connectivity index (χ4n) is 3.48. The van der Waals surface area contributed by atoms with Crippen LogP contribution < -0.4 is 15.5 Å². The molecule has 4 rings (SSSR count). The van der Waals surface area contributed by atoms with Gasteiger partial charge in [0.25, 0.3) is 10.2 Å². The van der Waals surface area contributed by atoms with Crippen molar-refractivity contribution < 1.29 is 12.8 Å². The maximum absolute atomic E-state index is 12.7. The number of aryl methyl sites for hydroxylation is 1. The molecule has 0 saturated heterocycles. The number of aliphatic imine (C=N–C) groups is 1. The highest BCUT2D eigenvalue weighted by Crippen LogP contribution is 2.26. The molecule has 0 spiro atoms. The van der Waals surface area contributed by atoms with E-state index in [-0.39, 0.29) is 0 Å². The van der Waals surface area contributed by atoms with Crippen LogP contribution in [0.3, 0.4) is 0 Å². The Morgan fingerprint density at radius 2 is 1.97 bits per heavy atom. The first-order valence-electron chi connectivity index (χ1n) is 10.4. The number of nitrogens with zero attached hydrogens (tertiary/aromatic N) is 1. The first kappa shape index (κ1) is 24.0. The van der Waals surface area contributed by atoms with Crippen LogP contribution in [0.5, 0.6) is 0 Å². The smallest absolute Gasteiger partial charge is 0.340 e. The number of nitrogens with two attached hydrogens (primary N) is 1. The highest BCUT2D eigenvalue weighted by molar-refractivity contribution is 8.14. The Labute approximate surface area is 192 Å². The van der Waals surface area contributed by atoms with Gasteiger partial charge in [0.2, 0.25) is 0 Å². The summed E-state index contributed by atoms with van der Waals surface area (Å²) < 4.78 is 30.4. The maximum Gasteiger partial charge on any atom is 0.340 e. The summed E-state index contributed by atoms with van der Waals surface area (Å²) in [5.41, 5.74) is 3.58. The van der Waals surface area contributed by atoms with Gasteiger partial charge in [0.05, 0.1) is 10.7 Å². The lowest BCUT2D eigenvalue weighted by Crippen LogP contribution is -2.21. The van der Waals surface area contributed by atoms with Crippen LogP contribution in [0, 0.1) is 6.92 Å². The zero-order valence-electron chi connectivity index (χ0n) is 18.3. The minimum atomic E-state index is -3.87. The summed E-state index contributed by atoms with van der Waals surface area (Å²) in [6, 6.07) is 12.6. The van der Waals surface area contributed by atoms with Crippen molar-refractivity contribution >= 4 is 43.7 Å². The van der Waals surface area contributed by atoms with Gasteiger partial charge in [-0.15, -0.1) is 11.8 Å². The Balaban J connectivity index is 0.00000141. The summed E-state index contributed by atoms with van der Waals surface area (Å²) in [4.78, 5) is 17.3. The number of rotatable bonds is 5. The molecule has 3 N–H and O–H groups in total. The number of thioether (sulfide) groups is 1. The van der Waals surface area contributed by atoms with E-state index >= 15 is 0 Å². The second-order valence-electron chi connectivity index (χ2n) is 7.12. The molecule has 0 bridgehead atoms. The van der Waals surface area contributed by atoms with Gasteiger partial charge in [-0.25, -0.2) is 9.93 Å². The number of fused-ring (bicyclic) bond motifs is 1. The Morgan fingerprint density at radius 3 is 2.66 bits per heavy atom. The molecule has 9 heteroatoms. The molecule has 0 fully saturated rings. The van der Waals surface area contributed by atoms with E-state index in [1.807, 2.05) is 45.0 Å². The summed E-state index contributed by atoms with van der Waals surface area (Å²) in [7, 11) is -3.87. The normalized spacial score (nSPS) is 13.8. The summed E-state index contributed by atoms with van der Waals surface area (Å²) in [6.45, 7) is 6.72. The van der Waals surface area contributed by atoms with Crippen LogP contribution in [-0.4, -0.2) is 25.8 Å². The predicted molar refractivity (Wildman–Crippen MR) is 133 cm³/mol. The number of hydrogen-bond donors (Lipinski definition) is 2. The van der Waals surface area contributed by atoms with Gasteiger partial charge >= 0.3 is 5.63 Å². The molecule has 170 valence electrons. The summed E-state index contributed by atoms with van der Waals surface area (Å²) in [6.07, 6.45) is 1.39. The van der Waals surface area contributed by atoms with Crippen molar-refractivity contribution in [2.75, 3.05) is 17.0 Å². The van der Waals surface area contributed by atoms with Gasteiger partial charge in [0.1, 0.15) is 5.58 Å². The largest absolute Gasteiger partial charge is 0.422 e. The quantitative estimate of drug-likeness (QED) is 0.539. The third-order valence-corrected chi connectivity index (χ3v) is 6.55. The number of nitrogens with one attached hydrogen (secondary N) is 1. The zero-order chi connectivity index (χ0) is 23.3. The lowest BCUT2D eigenvalue weighted by Gasteiger charge is -2.13. The highest BCUT2D eigenvalue weighted by atomic mass is 32.2. The Kier molecular flexibility index (Phi) is 7.76. The third-order valence-electron chi connectivity index (χ3n) is 4.90. The van der Waals surface area contributed by atoms with Crippen LogP contribution in [0.1, 0.15) is 42.5 Å². The number of anilines is 1. The molecular weight excluding hydrogens is 446 g/mol. The van der Waals surface area contributed by atoms with E-state index < -0.39 is 15.8 Å². The Morgan fingerprint density at radius 1 is 1.19 bits per heavy atom. The van der Waals surface area contributed by atoms with Crippen molar-refractivity contribution in [1.29, 1.82) is 0 Å². The second kappa shape index (κ2) is 10.3. The maximum atomic E-state index is 12.7. The average Bonchev–Trinajstić information content (AvgIpc) is 2.77. The van der Waals surface area contributed by atoms with Crippen molar-refractivity contribution in [1.82, 2.24) is 0 Å². The minimum Gasteiger partial charge on any atom is -0.422 e. The van der Waals surface area contributed by atoms with Crippen molar-refractivity contribution in [2.24, 2.45) is 10.1 Å². The van der Waals surface area contributed by atoms with Crippen LogP contribution in [0.25, 0.3) is 11.0 Å². The molecule has 32 heavy (non-hydrogen) atoms. The SMILES string of the molecule is CC.Cc1c(Cc2cccc(NS(N)(=O)=O)c2)c(=O)oc2cc(C3=NCCCS3)ccc12. The minimum absolute atomic E-state index is 0.314. The molecule has 2 heterocycles. The standard InChI is InChI=1S/C21H21N3O4S2.C2H6/c1-13-17-7-6-15(20-23-8-3-9-29-20)12-19(17)28-21(25)18(13)11-14-4-2-5-16(10-14)24-30(22,26)27;1-2/h2,4-7,10,12,24H,3,8-9,11H2,1H3,(H2,22,26,27);1-2H3. The molecule has 3 aromatic rings. The van der Waals surface area contributed by atoms with Crippen LogP contribution in [-0.2, 0) is 16.6 Å². The van der Waals surface area contributed by atoms with Crippen LogP contribution in [0.2, 0.25) is 0 Å². The number of hydrogen-bond acceptors (Lipinski definition) is 6. The number of benzene rings is 2. The molecule has 0 radical (unpaired) electrons. The molecular formula is C23H27N3O4S2. The van der Waals surface area contributed by atoms with Gasteiger partial charge in [0.15, 0.2) is 0 Å². The highest BCUT2D eigenvalue weighted by Gasteiger charge is 2.15. The van der Waals surface area contributed by atoms with E-state index in [0.717, 1.165) is 45.8 Å². The molecule has 0 amide bonds. The zero-order valence-corrected chi connectivity index (χ0v) is 20.0. The van der Waals surface area contributed by atoms with E-state index in [9.17, 15) is 13.2 Å². The van der Waals surface area contributed by atoms with Gasteiger partial charge in [-0.05, 0) is 42.7 Å². The van der Waals surface area contributed by atoms with Gasteiger partial charge < -0.3 is 4.42 Å². The second-order valence-corrected chi connectivity index (χ2v) is 9.49. The predicted octanol–water partition coefficient (Wildman–Crippen LogP) is 4.22. The topological polar surface area (TPSA) is 115 Å². The first-order valence-corrected chi connectivity index (χ1v) is 13.0. The average molecular weight is 474 g/mol. The lowest BCUT2D eigenvalue weighted by molar-refractivity contribution is 0.551. The van der Waals surface area contributed by atoms with Crippen molar-refractivity contribution in [2.45, 2.75) is 33.6 Å². The van der Waals surface area contributed by atoms with Crippen molar-refractivity contribution in [3.63, 3.8) is 0 Å². The van der Waals surface area contributed by atoms with Crippen LogP contribution in [0.15, 0.2) is 56.7 Å². The molecule has 0 atom stereocenters. The molecule has 1 aliphatic heterocycles. The van der Waals surface area contributed by atoms with Gasteiger partial charge in [-0.2, -0.15) is 8.42 Å². The van der Waals surface area contributed by atoms with Crippen molar-refractivity contribution in [3.8, 4) is 0 Å². The van der Waals surface area contributed by atoms with Crippen LogP contribution in [0.4, 0.5) is 5.69 Å². The van der Waals surface area contributed by atoms with Gasteiger partial charge in [-0.1, -0.05) is 38.1 Å². The van der Waals surface area contributed by atoms with Crippen LogP contribution >= 0.6 is 11.8 Å².